The number of carbonyl (C=O) groups is 1. The number of amides is 1. The summed E-state index contributed by atoms with van der Waals surface area (Å²) in [5.74, 6) is -0.0350. The van der Waals surface area contributed by atoms with Crippen molar-refractivity contribution in [3.05, 3.63) is 47.0 Å². The van der Waals surface area contributed by atoms with Crippen molar-refractivity contribution in [1.29, 1.82) is 0 Å². The molecule has 0 aliphatic heterocycles. The van der Waals surface area contributed by atoms with Gasteiger partial charge in [0.05, 0.1) is 11.9 Å². The molecular weight excluding hydrogens is 306 g/mol. The molecule has 5 heteroatoms. The van der Waals surface area contributed by atoms with Crippen LogP contribution < -0.4 is 4.90 Å². The molecule has 0 N–H and O–H groups in total. The summed E-state index contributed by atoms with van der Waals surface area (Å²) in [5.41, 5.74) is 1.47. The number of rotatable bonds is 4. The first kappa shape index (κ1) is 13.8. The van der Waals surface area contributed by atoms with E-state index < -0.39 is 0 Å². The number of hydrogen-bond acceptors (Lipinski definition) is 2. The Morgan fingerprint density at radius 1 is 1.53 bits per heavy atom. The molecule has 2 aromatic heterocycles. The fraction of sp³-hybridized carbons (Fsp3) is 0.286. The average Bonchev–Trinajstić information content (AvgIpc) is 2.79. The third kappa shape index (κ3) is 3.04. The predicted octanol–water partition coefficient (Wildman–Crippen LogP) is 3.33. The Labute approximate surface area is 121 Å². The molecule has 1 amide bonds. The Kier molecular flexibility index (Phi) is 4.37. The van der Waals surface area contributed by atoms with E-state index in [1.165, 1.54) is 0 Å². The second-order valence-corrected chi connectivity index (χ2v) is 5.23. The first-order valence-corrected chi connectivity index (χ1v) is 6.96. The number of halogens is 1. The molecule has 0 unspecified atom stereocenters. The highest BCUT2D eigenvalue weighted by atomic mass is 79.9. The van der Waals surface area contributed by atoms with Crippen LogP contribution in [0.5, 0.6) is 0 Å². The summed E-state index contributed by atoms with van der Waals surface area (Å²) in [6, 6.07) is 5.54. The molecule has 0 bridgehead atoms. The van der Waals surface area contributed by atoms with E-state index >= 15 is 0 Å². The van der Waals surface area contributed by atoms with Crippen LogP contribution in [-0.4, -0.2) is 22.5 Å². The van der Waals surface area contributed by atoms with Crippen molar-refractivity contribution in [3.8, 4) is 0 Å². The zero-order valence-corrected chi connectivity index (χ0v) is 12.6. The molecule has 2 rings (SSSR count). The fourth-order valence-corrected chi connectivity index (χ4v) is 2.38. The maximum absolute atomic E-state index is 12.5. The highest BCUT2D eigenvalue weighted by Gasteiger charge is 2.18. The number of aryl methyl sites for hydroxylation is 1. The van der Waals surface area contributed by atoms with Gasteiger partial charge in [-0.2, -0.15) is 0 Å². The monoisotopic (exact) mass is 321 g/mol. The summed E-state index contributed by atoms with van der Waals surface area (Å²) in [6.07, 6.45) is 6.30. The Morgan fingerprint density at radius 2 is 2.32 bits per heavy atom. The lowest BCUT2D eigenvalue weighted by Gasteiger charge is -2.17. The van der Waals surface area contributed by atoms with Gasteiger partial charge in [0.25, 0.3) is 5.91 Å². The number of aromatic nitrogens is 2. The Hall–Kier alpha value is -1.62. The van der Waals surface area contributed by atoms with E-state index in [1.54, 1.807) is 24.3 Å². The van der Waals surface area contributed by atoms with Crippen LogP contribution in [-0.2, 0) is 6.54 Å². The van der Waals surface area contributed by atoms with Crippen molar-refractivity contribution in [2.75, 3.05) is 11.9 Å². The van der Waals surface area contributed by atoms with Crippen LogP contribution >= 0.6 is 15.9 Å². The lowest BCUT2D eigenvalue weighted by molar-refractivity contribution is 0.0984. The predicted molar refractivity (Wildman–Crippen MR) is 79.4 cm³/mol. The average molecular weight is 322 g/mol. The Bertz CT molecular complexity index is 565. The summed E-state index contributed by atoms with van der Waals surface area (Å²) in [4.78, 5) is 18.2. The molecule has 0 saturated carbocycles. The van der Waals surface area contributed by atoms with E-state index in [4.69, 9.17) is 0 Å². The highest BCUT2D eigenvalue weighted by Crippen LogP contribution is 2.19. The standard InChI is InChI=1S/C14H16BrN3O/c1-3-7-18-10-11(15)8-13(18)14(19)17(2)12-5-4-6-16-9-12/h4-6,8-10H,3,7H2,1-2H3. The van der Waals surface area contributed by atoms with Crippen LogP contribution in [0.3, 0.4) is 0 Å². The maximum Gasteiger partial charge on any atom is 0.274 e. The summed E-state index contributed by atoms with van der Waals surface area (Å²) >= 11 is 3.42. The van der Waals surface area contributed by atoms with Gasteiger partial charge < -0.3 is 9.47 Å². The Morgan fingerprint density at radius 3 is 2.95 bits per heavy atom. The highest BCUT2D eigenvalue weighted by molar-refractivity contribution is 9.10. The molecule has 0 spiro atoms. The van der Waals surface area contributed by atoms with Gasteiger partial charge in [-0.3, -0.25) is 9.78 Å². The first-order valence-electron chi connectivity index (χ1n) is 6.17. The van der Waals surface area contributed by atoms with Crippen LogP contribution in [0.15, 0.2) is 41.3 Å². The topological polar surface area (TPSA) is 38.1 Å². The summed E-state index contributed by atoms with van der Waals surface area (Å²) in [7, 11) is 1.76. The van der Waals surface area contributed by atoms with Crippen molar-refractivity contribution in [2.24, 2.45) is 0 Å². The molecule has 0 fully saturated rings. The molecular formula is C14H16BrN3O. The van der Waals surface area contributed by atoms with Gasteiger partial charge in [0, 0.05) is 30.5 Å². The maximum atomic E-state index is 12.5. The van der Waals surface area contributed by atoms with Gasteiger partial charge in [0.15, 0.2) is 0 Å². The Balaban J connectivity index is 2.29. The van der Waals surface area contributed by atoms with Gasteiger partial charge in [0.2, 0.25) is 0 Å². The summed E-state index contributed by atoms with van der Waals surface area (Å²) in [6.45, 7) is 2.92. The number of nitrogens with zero attached hydrogens (tertiary/aromatic N) is 3. The van der Waals surface area contributed by atoms with Gasteiger partial charge >= 0.3 is 0 Å². The van der Waals surface area contributed by atoms with Crippen LogP contribution in [0.2, 0.25) is 0 Å². The van der Waals surface area contributed by atoms with E-state index in [0.717, 1.165) is 23.1 Å². The lowest BCUT2D eigenvalue weighted by Crippen LogP contribution is -2.28. The van der Waals surface area contributed by atoms with Crippen molar-refractivity contribution in [2.45, 2.75) is 19.9 Å². The smallest absolute Gasteiger partial charge is 0.274 e. The molecule has 2 aromatic rings. The quantitative estimate of drug-likeness (QED) is 0.866. The van der Waals surface area contributed by atoms with Crippen molar-refractivity contribution in [3.63, 3.8) is 0 Å². The van der Waals surface area contributed by atoms with E-state index in [9.17, 15) is 4.79 Å². The van der Waals surface area contributed by atoms with Crippen LogP contribution in [0.25, 0.3) is 0 Å². The largest absolute Gasteiger partial charge is 0.342 e. The SMILES string of the molecule is CCCn1cc(Br)cc1C(=O)N(C)c1cccnc1. The minimum absolute atomic E-state index is 0.0350. The normalized spacial score (nSPS) is 10.5. The second kappa shape index (κ2) is 6.02. The summed E-state index contributed by atoms with van der Waals surface area (Å²) < 4.78 is 2.89. The number of pyridine rings is 1. The van der Waals surface area contributed by atoms with Gasteiger partial charge in [-0.1, -0.05) is 6.92 Å². The van der Waals surface area contributed by atoms with Crippen molar-refractivity contribution >= 4 is 27.5 Å². The van der Waals surface area contributed by atoms with Crippen molar-refractivity contribution < 1.29 is 4.79 Å². The zero-order chi connectivity index (χ0) is 13.8. The molecule has 0 aliphatic rings. The molecule has 0 saturated heterocycles. The molecule has 0 atom stereocenters. The van der Waals surface area contributed by atoms with Gasteiger partial charge in [-0.05, 0) is 40.5 Å². The summed E-state index contributed by atoms with van der Waals surface area (Å²) in [5, 5.41) is 0. The van der Waals surface area contributed by atoms with E-state index in [0.29, 0.717) is 5.69 Å². The van der Waals surface area contributed by atoms with Gasteiger partial charge in [-0.15, -0.1) is 0 Å². The molecule has 4 nitrogen and oxygen atoms in total. The minimum atomic E-state index is -0.0350. The molecule has 100 valence electrons. The molecule has 0 aromatic carbocycles. The molecule has 0 radical (unpaired) electrons. The molecule has 19 heavy (non-hydrogen) atoms. The fourth-order valence-electron chi connectivity index (χ4n) is 1.92. The third-order valence-corrected chi connectivity index (χ3v) is 3.32. The van der Waals surface area contributed by atoms with E-state index in [-0.39, 0.29) is 5.91 Å². The number of carbonyl (C=O) groups excluding carboxylic acids is 1. The molecule has 2 heterocycles. The van der Waals surface area contributed by atoms with Gasteiger partial charge in [-0.25, -0.2) is 0 Å². The number of anilines is 1. The van der Waals surface area contributed by atoms with Crippen molar-refractivity contribution in [1.82, 2.24) is 9.55 Å². The van der Waals surface area contributed by atoms with Crippen LogP contribution in [0.1, 0.15) is 23.8 Å². The first-order chi connectivity index (χ1) is 9.13. The van der Waals surface area contributed by atoms with Crippen LogP contribution in [0, 0.1) is 0 Å². The number of hydrogen-bond donors (Lipinski definition) is 0. The van der Waals surface area contributed by atoms with E-state index in [2.05, 4.69) is 27.8 Å². The molecule has 0 aliphatic carbocycles. The lowest BCUT2D eigenvalue weighted by atomic mass is 10.3. The second-order valence-electron chi connectivity index (χ2n) is 4.31. The third-order valence-electron chi connectivity index (χ3n) is 2.88. The zero-order valence-electron chi connectivity index (χ0n) is 11.0. The minimum Gasteiger partial charge on any atom is -0.342 e. The van der Waals surface area contributed by atoms with Gasteiger partial charge in [0.1, 0.15) is 5.69 Å². The van der Waals surface area contributed by atoms with Crippen LogP contribution in [0.4, 0.5) is 5.69 Å². The van der Waals surface area contributed by atoms with E-state index in [1.807, 2.05) is 29.0 Å².